The predicted octanol–water partition coefficient (Wildman–Crippen LogP) is 12.2. The minimum absolute atomic E-state index is 0.577. The van der Waals surface area contributed by atoms with Crippen LogP contribution in [0.5, 0.6) is 0 Å². The third-order valence-electron chi connectivity index (χ3n) is 9.87. The number of hydrogen-bond acceptors (Lipinski definition) is 1. The zero-order chi connectivity index (χ0) is 28.6. The first-order valence-electron chi connectivity index (χ1n) is 16.0. The maximum atomic E-state index is 2.52. The highest BCUT2D eigenvalue weighted by atomic mass is 15.1. The lowest BCUT2D eigenvalue weighted by molar-refractivity contribution is 0.304. The standard InChI is InChI=1S/C42H37N/c1-2-14-32(15-3-1)36-25-10-20-33-21-11-26-38(42(33)36)37-24-8-9-27-41(37)43(39-28-12-18-30-16-4-6-22-34(30)39)40-29-13-19-31-17-5-7-23-35(31)40/h4-13,16-24,26-29,32,36H,1-3,14-15,25H2. The van der Waals surface area contributed by atoms with E-state index in [-0.39, 0.29) is 0 Å². The molecule has 0 saturated heterocycles. The molecule has 0 spiro atoms. The van der Waals surface area contributed by atoms with Crippen molar-refractivity contribution in [3.05, 3.63) is 145 Å². The van der Waals surface area contributed by atoms with Crippen LogP contribution < -0.4 is 4.90 Å². The Morgan fingerprint density at radius 1 is 0.488 bits per heavy atom. The molecule has 43 heavy (non-hydrogen) atoms. The molecule has 1 fully saturated rings. The number of nitrogens with zero attached hydrogens (tertiary/aromatic N) is 1. The van der Waals surface area contributed by atoms with E-state index in [1.165, 1.54) is 87.4 Å². The first-order chi connectivity index (χ1) is 21.4. The van der Waals surface area contributed by atoms with Gasteiger partial charge in [0.1, 0.15) is 0 Å². The van der Waals surface area contributed by atoms with E-state index in [2.05, 4.69) is 144 Å². The fourth-order valence-electron chi connectivity index (χ4n) is 7.89. The van der Waals surface area contributed by atoms with Gasteiger partial charge in [-0.1, -0.05) is 141 Å². The molecule has 1 nitrogen and oxygen atoms in total. The molecule has 1 atom stereocenters. The zero-order valence-corrected chi connectivity index (χ0v) is 24.6. The van der Waals surface area contributed by atoms with Crippen LogP contribution >= 0.6 is 0 Å². The second kappa shape index (κ2) is 11.2. The molecule has 2 aliphatic rings. The first-order valence-corrected chi connectivity index (χ1v) is 16.0. The predicted molar refractivity (Wildman–Crippen MR) is 185 cm³/mol. The van der Waals surface area contributed by atoms with Gasteiger partial charge in [-0.2, -0.15) is 0 Å². The number of anilines is 3. The van der Waals surface area contributed by atoms with E-state index in [1.807, 2.05) is 0 Å². The molecule has 0 N–H and O–H groups in total. The minimum Gasteiger partial charge on any atom is -0.309 e. The summed E-state index contributed by atoms with van der Waals surface area (Å²) in [6.45, 7) is 0. The molecule has 0 amide bonds. The summed E-state index contributed by atoms with van der Waals surface area (Å²) < 4.78 is 0. The summed E-state index contributed by atoms with van der Waals surface area (Å²) in [7, 11) is 0. The second-order valence-corrected chi connectivity index (χ2v) is 12.3. The van der Waals surface area contributed by atoms with Gasteiger partial charge in [0.2, 0.25) is 0 Å². The van der Waals surface area contributed by atoms with Crippen molar-refractivity contribution in [3.8, 4) is 11.1 Å². The van der Waals surface area contributed by atoms with Gasteiger partial charge in [0.25, 0.3) is 0 Å². The Balaban J connectivity index is 1.39. The molecule has 1 unspecified atom stereocenters. The van der Waals surface area contributed by atoms with Gasteiger partial charge in [0.05, 0.1) is 17.1 Å². The average molecular weight is 556 g/mol. The molecule has 0 aromatic heterocycles. The Labute approximate surface area is 255 Å². The summed E-state index contributed by atoms with van der Waals surface area (Å²) >= 11 is 0. The summed E-state index contributed by atoms with van der Waals surface area (Å²) in [4.78, 5) is 2.52. The maximum absolute atomic E-state index is 2.52. The lowest BCUT2D eigenvalue weighted by atomic mass is 9.70. The largest absolute Gasteiger partial charge is 0.309 e. The lowest BCUT2D eigenvalue weighted by Crippen LogP contribution is -2.19. The van der Waals surface area contributed by atoms with Gasteiger partial charge in [-0.25, -0.2) is 0 Å². The summed E-state index contributed by atoms with van der Waals surface area (Å²) in [5, 5.41) is 5.02. The van der Waals surface area contributed by atoms with Gasteiger partial charge < -0.3 is 4.90 Å². The van der Waals surface area contributed by atoms with E-state index in [0.29, 0.717) is 5.92 Å². The van der Waals surface area contributed by atoms with Gasteiger partial charge in [0, 0.05) is 16.3 Å². The third-order valence-corrected chi connectivity index (χ3v) is 9.87. The zero-order valence-electron chi connectivity index (χ0n) is 24.6. The Hall–Kier alpha value is -4.62. The molecule has 1 saturated carbocycles. The number of fused-ring (bicyclic) bond motifs is 3. The molecular weight excluding hydrogens is 518 g/mol. The number of para-hydroxylation sites is 1. The van der Waals surface area contributed by atoms with Crippen LogP contribution in [0.25, 0.3) is 38.7 Å². The van der Waals surface area contributed by atoms with Crippen molar-refractivity contribution < 1.29 is 0 Å². The SMILES string of the molecule is C1=Cc2cccc(-c3ccccc3N(c3cccc4ccccc34)c3cccc4ccccc34)c2C(C2CCCCC2)C1. The van der Waals surface area contributed by atoms with Crippen LogP contribution in [0.15, 0.2) is 133 Å². The molecule has 6 aromatic carbocycles. The Morgan fingerprint density at radius 3 is 1.77 bits per heavy atom. The molecule has 8 rings (SSSR count). The summed E-state index contributed by atoms with van der Waals surface area (Å²) in [5.41, 5.74) is 9.28. The highest BCUT2D eigenvalue weighted by Crippen LogP contribution is 2.50. The van der Waals surface area contributed by atoms with Gasteiger partial charge >= 0.3 is 0 Å². The fourth-order valence-corrected chi connectivity index (χ4v) is 7.89. The van der Waals surface area contributed by atoms with E-state index in [1.54, 1.807) is 5.56 Å². The highest BCUT2D eigenvalue weighted by molar-refractivity contribution is 6.06. The molecular formula is C42H37N. The Morgan fingerprint density at radius 2 is 1.05 bits per heavy atom. The van der Waals surface area contributed by atoms with Crippen molar-refractivity contribution in [3.63, 3.8) is 0 Å². The highest BCUT2D eigenvalue weighted by Gasteiger charge is 2.31. The van der Waals surface area contributed by atoms with Crippen molar-refractivity contribution in [2.24, 2.45) is 5.92 Å². The number of rotatable bonds is 5. The molecule has 0 aliphatic heterocycles. The van der Waals surface area contributed by atoms with Gasteiger partial charge in [-0.3, -0.25) is 0 Å². The Kier molecular flexibility index (Phi) is 6.80. The molecule has 1 heteroatoms. The van der Waals surface area contributed by atoms with E-state index in [9.17, 15) is 0 Å². The molecule has 210 valence electrons. The maximum Gasteiger partial charge on any atom is 0.0540 e. The number of hydrogen-bond donors (Lipinski definition) is 0. The quantitative estimate of drug-likeness (QED) is 0.204. The number of allylic oxidation sites excluding steroid dienone is 1. The Bertz CT molecular complexity index is 1870. The molecule has 0 radical (unpaired) electrons. The topological polar surface area (TPSA) is 3.24 Å². The van der Waals surface area contributed by atoms with Crippen molar-refractivity contribution in [1.29, 1.82) is 0 Å². The smallest absolute Gasteiger partial charge is 0.0540 e. The van der Waals surface area contributed by atoms with Crippen LogP contribution in [0.3, 0.4) is 0 Å². The van der Waals surface area contributed by atoms with Crippen LogP contribution in [0.2, 0.25) is 0 Å². The molecule has 6 aromatic rings. The van der Waals surface area contributed by atoms with Gasteiger partial charge in [-0.15, -0.1) is 0 Å². The van der Waals surface area contributed by atoms with Crippen LogP contribution in [0, 0.1) is 5.92 Å². The minimum atomic E-state index is 0.577. The monoisotopic (exact) mass is 555 g/mol. The molecule has 0 heterocycles. The van der Waals surface area contributed by atoms with E-state index < -0.39 is 0 Å². The van der Waals surface area contributed by atoms with Crippen LogP contribution in [0.4, 0.5) is 17.1 Å². The summed E-state index contributed by atoms with van der Waals surface area (Å²) in [6.07, 6.45) is 12.8. The van der Waals surface area contributed by atoms with E-state index in [0.717, 1.165) is 12.3 Å². The van der Waals surface area contributed by atoms with Crippen LogP contribution in [-0.2, 0) is 0 Å². The number of benzene rings is 6. The lowest BCUT2D eigenvalue weighted by Gasteiger charge is -2.35. The van der Waals surface area contributed by atoms with Gasteiger partial charge in [0.15, 0.2) is 0 Å². The molecule has 2 aliphatic carbocycles. The third kappa shape index (κ3) is 4.64. The average Bonchev–Trinajstić information content (AvgIpc) is 3.09. The summed E-state index contributed by atoms with van der Waals surface area (Å²) in [5.74, 6) is 1.34. The van der Waals surface area contributed by atoms with Gasteiger partial charge in [-0.05, 0) is 76.8 Å². The van der Waals surface area contributed by atoms with Crippen LogP contribution in [0.1, 0.15) is 55.6 Å². The van der Waals surface area contributed by atoms with Crippen molar-refractivity contribution >= 4 is 44.7 Å². The van der Waals surface area contributed by atoms with Crippen LogP contribution in [-0.4, -0.2) is 0 Å². The fraction of sp³-hybridized carbons (Fsp3) is 0.190. The summed E-state index contributed by atoms with van der Waals surface area (Å²) in [6, 6.07) is 47.1. The first kappa shape index (κ1) is 26.0. The molecule has 0 bridgehead atoms. The van der Waals surface area contributed by atoms with Crippen molar-refractivity contribution in [1.82, 2.24) is 0 Å². The van der Waals surface area contributed by atoms with E-state index in [4.69, 9.17) is 0 Å². The van der Waals surface area contributed by atoms with Crippen molar-refractivity contribution in [2.45, 2.75) is 44.4 Å². The van der Waals surface area contributed by atoms with E-state index >= 15 is 0 Å². The normalized spacial score (nSPS) is 16.8. The second-order valence-electron chi connectivity index (χ2n) is 12.3. The van der Waals surface area contributed by atoms with Crippen molar-refractivity contribution in [2.75, 3.05) is 4.90 Å².